The van der Waals surface area contributed by atoms with Gasteiger partial charge in [0.05, 0.1) is 5.41 Å². The number of rotatable bonds is 4. The molecule has 0 radical (unpaired) electrons. The number of aryl methyl sites for hydroxylation is 1. The Morgan fingerprint density at radius 2 is 1.73 bits per heavy atom. The smallest absolute Gasteiger partial charge is 0.312 e. The van der Waals surface area contributed by atoms with Crippen molar-refractivity contribution in [1.29, 1.82) is 0 Å². The molecular weight excluding hydrogens is 326 g/mol. The van der Waals surface area contributed by atoms with E-state index in [9.17, 15) is 4.79 Å². The molecule has 4 saturated carbocycles. The van der Waals surface area contributed by atoms with Crippen LogP contribution in [0.5, 0.6) is 0 Å². The fourth-order valence-electron chi connectivity index (χ4n) is 5.89. The lowest BCUT2D eigenvalue weighted by Gasteiger charge is -2.55. The van der Waals surface area contributed by atoms with Gasteiger partial charge in [0, 0.05) is 11.6 Å². The van der Waals surface area contributed by atoms with Crippen LogP contribution < -0.4 is 0 Å². The van der Waals surface area contributed by atoms with Crippen LogP contribution in [0.4, 0.5) is 0 Å². The second kappa shape index (κ2) is 5.97. The first-order valence-electron chi connectivity index (χ1n) is 9.79. The van der Waals surface area contributed by atoms with Gasteiger partial charge in [0.2, 0.25) is 0 Å². The third-order valence-electron chi connectivity index (χ3n) is 6.72. The highest BCUT2D eigenvalue weighted by Gasteiger charge is 2.55. The third-order valence-corrected chi connectivity index (χ3v) is 6.72. The minimum Gasteiger partial charge on any atom is -0.459 e. The highest BCUT2D eigenvalue weighted by Crippen LogP contribution is 2.60. The van der Waals surface area contributed by atoms with Crippen molar-refractivity contribution in [3.05, 3.63) is 41.6 Å². The molecule has 0 saturated heterocycles. The van der Waals surface area contributed by atoms with Crippen LogP contribution in [0.1, 0.15) is 49.8 Å². The maximum absolute atomic E-state index is 12.9. The van der Waals surface area contributed by atoms with E-state index in [1.165, 1.54) is 24.8 Å². The number of carbonyl (C=O) groups is 1. The van der Waals surface area contributed by atoms with E-state index in [2.05, 4.69) is 12.1 Å². The predicted octanol–water partition coefficient (Wildman–Crippen LogP) is 4.91. The molecule has 0 amide bonds. The Bertz CT molecular complexity index is 785. The van der Waals surface area contributed by atoms with E-state index in [0.717, 1.165) is 42.6 Å². The number of hydrogen-bond donors (Lipinski definition) is 0. The summed E-state index contributed by atoms with van der Waals surface area (Å²) < 4.78 is 11.2. The quantitative estimate of drug-likeness (QED) is 0.735. The van der Waals surface area contributed by atoms with Gasteiger partial charge in [0.25, 0.3) is 0 Å². The number of esters is 1. The molecule has 1 heterocycles. The van der Waals surface area contributed by atoms with Gasteiger partial charge in [-0.1, -0.05) is 35.0 Å². The number of aromatic nitrogens is 1. The zero-order valence-corrected chi connectivity index (χ0v) is 15.2. The van der Waals surface area contributed by atoms with Gasteiger partial charge in [-0.15, -0.1) is 0 Å². The maximum Gasteiger partial charge on any atom is 0.312 e. The highest BCUT2D eigenvalue weighted by molar-refractivity contribution is 5.77. The van der Waals surface area contributed by atoms with E-state index < -0.39 is 0 Å². The highest BCUT2D eigenvalue weighted by atomic mass is 16.5. The van der Waals surface area contributed by atoms with Crippen LogP contribution in [-0.2, 0) is 16.1 Å². The number of benzene rings is 1. The molecule has 0 spiro atoms. The van der Waals surface area contributed by atoms with Gasteiger partial charge < -0.3 is 9.26 Å². The zero-order valence-electron chi connectivity index (χ0n) is 15.2. The van der Waals surface area contributed by atoms with Crippen LogP contribution in [0.15, 0.2) is 34.9 Å². The van der Waals surface area contributed by atoms with Crippen LogP contribution in [0.3, 0.4) is 0 Å². The maximum atomic E-state index is 12.9. The van der Waals surface area contributed by atoms with Gasteiger partial charge in [-0.25, -0.2) is 0 Å². The molecule has 1 aromatic carbocycles. The number of nitrogens with zero attached hydrogens (tertiary/aromatic N) is 1. The van der Waals surface area contributed by atoms with E-state index >= 15 is 0 Å². The largest absolute Gasteiger partial charge is 0.459 e. The number of ether oxygens (including phenoxy) is 1. The van der Waals surface area contributed by atoms with Gasteiger partial charge in [0.15, 0.2) is 5.76 Å². The molecule has 4 fully saturated rings. The van der Waals surface area contributed by atoms with Crippen molar-refractivity contribution >= 4 is 5.97 Å². The Balaban J connectivity index is 1.25. The van der Waals surface area contributed by atoms with Crippen LogP contribution >= 0.6 is 0 Å². The molecule has 4 bridgehead atoms. The predicted molar refractivity (Wildman–Crippen MR) is 97.1 cm³/mol. The van der Waals surface area contributed by atoms with Crippen molar-refractivity contribution < 1.29 is 14.1 Å². The number of carbonyl (C=O) groups excluding carboxylic acids is 1. The van der Waals surface area contributed by atoms with Crippen LogP contribution in [0.25, 0.3) is 11.3 Å². The van der Waals surface area contributed by atoms with Crippen LogP contribution in [0, 0.1) is 30.1 Å². The molecular formula is C22H25NO3. The summed E-state index contributed by atoms with van der Waals surface area (Å²) in [5.74, 6) is 2.94. The molecule has 4 aliphatic carbocycles. The summed E-state index contributed by atoms with van der Waals surface area (Å²) in [4.78, 5) is 12.9. The summed E-state index contributed by atoms with van der Waals surface area (Å²) in [7, 11) is 0. The van der Waals surface area contributed by atoms with E-state index in [0.29, 0.717) is 11.5 Å². The summed E-state index contributed by atoms with van der Waals surface area (Å²) in [5.41, 5.74) is 2.66. The number of hydrogen-bond acceptors (Lipinski definition) is 4. The van der Waals surface area contributed by atoms with Crippen molar-refractivity contribution in [2.75, 3.05) is 0 Å². The molecule has 1 aromatic heterocycles. The lowest BCUT2D eigenvalue weighted by Crippen LogP contribution is -2.50. The lowest BCUT2D eigenvalue weighted by molar-refractivity contribution is -0.173. The summed E-state index contributed by atoms with van der Waals surface area (Å²) >= 11 is 0. The first kappa shape index (κ1) is 16.1. The Morgan fingerprint density at radius 3 is 2.35 bits per heavy atom. The molecule has 26 heavy (non-hydrogen) atoms. The Morgan fingerprint density at radius 1 is 1.12 bits per heavy atom. The molecule has 136 valence electrons. The second-order valence-corrected chi connectivity index (χ2v) is 8.82. The first-order chi connectivity index (χ1) is 12.6. The van der Waals surface area contributed by atoms with Crippen molar-refractivity contribution in [3.63, 3.8) is 0 Å². The normalized spacial score (nSPS) is 32.0. The van der Waals surface area contributed by atoms with Gasteiger partial charge in [-0.05, 0) is 63.2 Å². The molecule has 0 N–H and O–H groups in total. The zero-order chi connectivity index (χ0) is 17.7. The molecule has 6 rings (SSSR count). The summed E-state index contributed by atoms with van der Waals surface area (Å²) in [6, 6.07) is 10.00. The van der Waals surface area contributed by atoms with E-state index in [1.807, 2.05) is 30.3 Å². The second-order valence-electron chi connectivity index (χ2n) is 8.82. The van der Waals surface area contributed by atoms with Gasteiger partial charge in [-0.2, -0.15) is 0 Å². The SMILES string of the molecule is Cc1ccc(-c2cc(COC(=O)C34CC5CC(CC(C5)C3)C4)no2)cc1. The lowest BCUT2D eigenvalue weighted by atomic mass is 9.49. The minimum absolute atomic E-state index is 0.00325. The Kier molecular flexibility index (Phi) is 3.70. The summed E-state index contributed by atoms with van der Waals surface area (Å²) in [5, 5.41) is 4.08. The van der Waals surface area contributed by atoms with Crippen molar-refractivity contribution in [2.24, 2.45) is 23.2 Å². The van der Waals surface area contributed by atoms with Crippen molar-refractivity contribution in [1.82, 2.24) is 5.16 Å². The minimum atomic E-state index is -0.210. The van der Waals surface area contributed by atoms with E-state index in [-0.39, 0.29) is 18.0 Å². The monoisotopic (exact) mass is 351 g/mol. The summed E-state index contributed by atoms with van der Waals surface area (Å²) in [6.07, 6.45) is 7.09. The van der Waals surface area contributed by atoms with E-state index in [4.69, 9.17) is 9.26 Å². The fraction of sp³-hybridized carbons (Fsp3) is 0.545. The summed E-state index contributed by atoms with van der Waals surface area (Å²) in [6.45, 7) is 2.26. The van der Waals surface area contributed by atoms with E-state index in [1.54, 1.807) is 0 Å². The van der Waals surface area contributed by atoms with Gasteiger partial charge in [-0.3, -0.25) is 4.79 Å². The molecule has 2 aromatic rings. The average molecular weight is 351 g/mol. The molecule has 4 heteroatoms. The molecule has 0 unspecified atom stereocenters. The van der Waals surface area contributed by atoms with Gasteiger partial charge in [0.1, 0.15) is 12.3 Å². The first-order valence-corrected chi connectivity index (χ1v) is 9.79. The van der Waals surface area contributed by atoms with Gasteiger partial charge >= 0.3 is 5.97 Å². The Labute approximate surface area is 153 Å². The van der Waals surface area contributed by atoms with Crippen LogP contribution in [-0.4, -0.2) is 11.1 Å². The molecule has 0 atom stereocenters. The molecule has 4 nitrogen and oxygen atoms in total. The third kappa shape index (κ3) is 2.76. The molecule has 4 aliphatic rings. The molecule has 0 aliphatic heterocycles. The fourth-order valence-corrected chi connectivity index (χ4v) is 5.89. The van der Waals surface area contributed by atoms with Crippen molar-refractivity contribution in [3.8, 4) is 11.3 Å². The Hall–Kier alpha value is -2.10. The van der Waals surface area contributed by atoms with Crippen LogP contribution in [0.2, 0.25) is 0 Å². The standard InChI is InChI=1S/C22H25NO3/c1-14-2-4-18(5-3-14)20-9-19(23-26-20)13-25-21(24)22-10-15-6-16(11-22)8-17(7-15)12-22/h2-5,9,15-17H,6-8,10-13H2,1H3. The average Bonchev–Trinajstić information content (AvgIpc) is 3.08. The topological polar surface area (TPSA) is 52.3 Å². The van der Waals surface area contributed by atoms with Crippen molar-refractivity contribution in [2.45, 2.75) is 52.1 Å².